The van der Waals surface area contributed by atoms with Crippen molar-refractivity contribution in [3.63, 3.8) is 0 Å². The Bertz CT molecular complexity index is 1020. The lowest BCUT2D eigenvalue weighted by Crippen LogP contribution is -2.36. The van der Waals surface area contributed by atoms with Gasteiger partial charge in [-0.1, -0.05) is 25.0 Å². The maximum Gasteiger partial charge on any atom is 0.326 e. The minimum absolute atomic E-state index is 0.209. The van der Waals surface area contributed by atoms with Gasteiger partial charge in [-0.3, -0.25) is 14.6 Å². The Morgan fingerprint density at radius 3 is 2.72 bits per heavy atom. The molecule has 1 atom stereocenters. The number of anilines is 1. The molecule has 1 amide bonds. The van der Waals surface area contributed by atoms with E-state index in [4.69, 9.17) is 10.5 Å². The molecular weight excluding hydrogens is 372 g/mol. The molecule has 1 fully saturated rings. The Morgan fingerprint density at radius 2 is 1.93 bits per heavy atom. The Morgan fingerprint density at radius 1 is 1.14 bits per heavy atom. The van der Waals surface area contributed by atoms with Gasteiger partial charge in [0.2, 0.25) is 0 Å². The van der Waals surface area contributed by atoms with Gasteiger partial charge in [-0.25, -0.2) is 4.79 Å². The summed E-state index contributed by atoms with van der Waals surface area (Å²) in [5.41, 5.74) is 5.77. The molecule has 0 spiro atoms. The number of carbonyl (C=O) groups excluding carboxylic acids is 1. The molecule has 1 heterocycles. The van der Waals surface area contributed by atoms with E-state index in [1.807, 2.05) is 23.2 Å². The molecule has 2 aliphatic carbocycles. The standard InChI is InChI=1S/C21H26N4O4/c22-17-18(24-21(28)25-19(17)26)20(27)23-15-9-3-8-14-13(15)7-4-10-16(14)29-11-12-5-1-2-6-12/h4,7,10,12,15H,1-3,5-6,8-9,11,22H2,(H,23,27)(H2,24,25,26,28)/t15-/m1/s1. The second-order valence-electron chi connectivity index (χ2n) is 7.90. The van der Waals surface area contributed by atoms with E-state index in [2.05, 4.69) is 10.3 Å². The van der Waals surface area contributed by atoms with Crippen LogP contribution in [0.1, 0.15) is 66.2 Å². The molecule has 154 valence electrons. The zero-order chi connectivity index (χ0) is 20.4. The van der Waals surface area contributed by atoms with Crippen molar-refractivity contribution in [3.05, 3.63) is 55.9 Å². The third-order valence-corrected chi connectivity index (χ3v) is 5.93. The quantitative estimate of drug-likeness (QED) is 0.612. The first-order chi connectivity index (χ1) is 14.0. The Kier molecular flexibility index (Phi) is 5.42. The van der Waals surface area contributed by atoms with E-state index in [1.165, 1.54) is 25.7 Å². The van der Waals surface area contributed by atoms with Crippen molar-refractivity contribution in [1.29, 1.82) is 0 Å². The molecular formula is C21H26N4O4. The first-order valence-corrected chi connectivity index (χ1v) is 10.2. The van der Waals surface area contributed by atoms with Gasteiger partial charge in [0, 0.05) is 0 Å². The zero-order valence-electron chi connectivity index (χ0n) is 16.3. The summed E-state index contributed by atoms with van der Waals surface area (Å²) in [6.45, 7) is 0.734. The number of ether oxygens (including phenoxy) is 1. The van der Waals surface area contributed by atoms with Gasteiger partial charge in [0.15, 0.2) is 0 Å². The summed E-state index contributed by atoms with van der Waals surface area (Å²) in [6.07, 6.45) is 7.58. The molecule has 0 aliphatic heterocycles. The Balaban J connectivity index is 1.54. The molecule has 1 aromatic heterocycles. The number of hydrogen-bond acceptors (Lipinski definition) is 5. The third-order valence-electron chi connectivity index (χ3n) is 5.93. The zero-order valence-corrected chi connectivity index (χ0v) is 16.3. The number of aromatic nitrogens is 2. The average Bonchev–Trinajstić information content (AvgIpc) is 3.23. The smallest absolute Gasteiger partial charge is 0.326 e. The Labute approximate surface area is 167 Å². The van der Waals surface area contributed by atoms with Crippen LogP contribution >= 0.6 is 0 Å². The van der Waals surface area contributed by atoms with Crippen LogP contribution in [-0.4, -0.2) is 22.5 Å². The highest BCUT2D eigenvalue weighted by Gasteiger charge is 2.26. The molecule has 2 aromatic rings. The summed E-state index contributed by atoms with van der Waals surface area (Å²) in [6, 6.07) is 5.69. The number of hydrogen-bond donors (Lipinski definition) is 4. The van der Waals surface area contributed by atoms with Crippen LogP contribution in [0.5, 0.6) is 5.75 Å². The lowest BCUT2D eigenvalue weighted by Gasteiger charge is -2.28. The molecule has 29 heavy (non-hydrogen) atoms. The van der Waals surface area contributed by atoms with E-state index in [0.717, 1.165) is 42.7 Å². The highest BCUT2D eigenvalue weighted by molar-refractivity contribution is 5.97. The molecule has 1 aromatic carbocycles. The fraction of sp³-hybridized carbons (Fsp3) is 0.476. The van der Waals surface area contributed by atoms with Gasteiger partial charge in [-0.15, -0.1) is 0 Å². The Hall–Kier alpha value is -3.03. The van der Waals surface area contributed by atoms with E-state index in [1.54, 1.807) is 0 Å². The predicted molar refractivity (Wildman–Crippen MR) is 109 cm³/mol. The summed E-state index contributed by atoms with van der Waals surface area (Å²) in [5.74, 6) is 0.944. The molecule has 1 saturated carbocycles. The van der Waals surface area contributed by atoms with Crippen molar-refractivity contribution >= 4 is 11.6 Å². The van der Waals surface area contributed by atoms with Crippen molar-refractivity contribution < 1.29 is 9.53 Å². The van der Waals surface area contributed by atoms with Gasteiger partial charge >= 0.3 is 5.69 Å². The van der Waals surface area contributed by atoms with Gasteiger partial charge < -0.3 is 20.8 Å². The highest BCUT2D eigenvalue weighted by Crippen LogP contribution is 2.36. The van der Waals surface area contributed by atoms with Crippen molar-refractivity contribution in [2.45, 2.75) is 51.0 Å². The minimum Gasteiger partial charge on any atom is -0.493 e. The van der Waals surface area contributed by atoms with E-state index in [-0.39, 0.29) is 17.4 Å². The van der Waals surface area contributed by atoms with Gasteiger partial charge in [-0.05, 0) is 55.2 Å². The van der Waals surface area contributed by atoms with Crippen molar-refractivity contribution in [3.8, 4) is 5.75 Å². The van der Waals surface area contributed by atoms with Crippen LogP contribution in [0.25, 0.3) is 0 Å². The van der Waals surface area contributed by atoms with Gasteiger partial charge in [0.05, 0.1) is 12.6 Å². The minimum atomic E-state index is -0.773. The molecule has 2 aliphatic rings. The molecule has 4 rings (SSSR count). The van der Waals surface area contributed by atoms with Crippen molar-refractivity contribution in [1.82, 2.24) is 15.3 Å². The monoisotopic (exact) mass is 398 g/mol. The van der Waals surface area contributed by atoms with Crippen LogP contribution < -0.4 is 27.0 Å². The number of carbonyl (C=O) groups is 1. The normalized spacial score (nSPS) is 19.0. The second-order valence-corrected chi connectivity index (χ2v) is 7.90. The van der Waals surface area contributed by atoms with E-state index < -0.39 is 17.2 Å². The van der Waals surface area contributed by atoms with Crippen molar-refractivity contribution in [2.75, 3.05) is 12.3 Å². The number of rotatable bonds is 5. The summed E-state index contributed by atoms with van der Waals surface area (Å²) < 4.78 is 6.15. The molecule has 0 saturated heterocycles. The van der Waals surface area contributed by atoms with Crippen molar-refractivity contribution in [2.24, 2.45) is 5.92 Å². The molecule has 8 heteroatoms. The van der Waals surface area contributed by atoms with Crippen LogP contribution in [0.3, 0.4) is 0 Å². The lowest BCUT2D eigenvalue weighted by atomic mass is 9.87. The fourth-order valence-corrected chi connectivity index (χ4v) is 4.39. The van der Waals surface area contributed by atoms with Gasteiger partial charge in [0.25, 0.3) is 11.5 Å². The van der Waals surface area contributed by atoms with E-state index in [9.17, 15) is 14.4 Å². The molecule has 0 radical (unpaired) electrons. The summed E-state index contributed by atoms with van der Waals surface area (Å²) >= 11 is 0. The topological polar surface area (TPSA) is 130 Å². The lowest BCUT2D eigenvalue weighted by molar-refractivity contribution is 0.0927. The van der Waals surface area contributed by atoms with Gasteiger partial charge in [-0.2, -0.15) is 0 Å². The number of fused-ring (bicyclic) bond motifs is 1. The van der Waals surface area contributed by atoms with Crippen LogP contribution in [0, 0.1) is 5.92 Å². The fourth-order valence-electron chi connectivity index (χ4n) is 4.39. The first-order valence-electron chi connectivity index (χ1n) is 10.2. The number of amides is 1. The maximum atomic E-state index is 12.7. The van der Waals surface area contributed by atoms with Crippen LogP contribution in [-0.2, 0) is 6.42 Å². The SMILES string of the molecule is Nc1c(C(=O)N[C@@H]2CCCc3c(OCC4CCCC4)cccc32)[nH]c(=O)[nH]c1=O. The summed E-state index contributed by atoms with van der Waals surface area (Å²) in [7, 11) is 0. The van der Waals surface area contributed by atoms with Crippen LogP contribution in [0.4, 0.5) is 5.69 Å². The highest BCUT2D eigenvalue weighted by atomic mass is 16.5. The molecule has 5 N–H and O–H groups in total. The average molecular weight is 398 g/mol. The predicted octanol–water partition coefficient (Wildman–Crippen LogP) is 2.02. The van der Waals surface area contributed by atoms with E-state index in [0.29, 0.717) is 5.92 Å². The summed E-state index contributed by atoms with van der Waals surface area (Å²) in [4.78, 5) is 40.2. The number of aromatic amines is 2. The van der Waals surface area contributed by atoms with Crippen LogP contribution in [0.15, 0.2) is 27.8 Å². The molecule has 8 nitrogen and oxygen atoms in total. The number of benzene rings is 1. The second kappa shape index (κ2) is 8.14. The third kappa shape index (κ3) is 4.06. The van der Waals surface area contributed by atoms with Gasteiger partial charge in [0.1, 0.15) is 17.1 Å². The molecule has 0 bridgehead atoms. The number of H-pyrrole nitrogens is 2. The first kappa shape index (κ1) is 19.3. The largest absolute Gasteiger partial charge is 0.493 e. The number of nitrogens with one attached hydrogen (secondary N) is 3. The van der Waals surface area contributed by atoms with E-state index >= 15 is 0 Å². The van der Waals surface area contributed by atoms with Crippen LogP contribution in [0.2, 0.25) is 0 Å². The number of nitrogens with two attached hydrogens (primary N) is 1. The number of nitrogen functional groups attached to an aromatic ring is 1. The summed E-state index contributed by atoms with van der Waals surface area (Å²) in [5, 5.41) is 2.91. The maximum absolute atomic E-state index is 12.7. The molecule has 0 unspecified atom stereocenters.